The van der Waals surface area contributed by atoms with Gasteiger partial charge in [-0.1, -0.05) is 36.4 Å². The van der Waals surface area contributed by atoms with E-state index in [1.807, 2.05) is 69.3 Å². The molecule has 7 nitrogen and oxygen atoms in total. The normalized spacial score (nSPS) is 12.8. The molecule has 1 N–H and O–H groups in total. The molecule has 0 aromatic heterocycles. The summed E-state index contributed by atoms with van der Waals surface area (Å²) >= 11 is 0. The van der Waals surface area contributed by atoms with Crippen LogP contribution in [0.2, 0.25) is 6.04 Å². The largest absolute Gasteiger partial charge is 0.501 e. The molecule has 0 bridgehead atoms. The van der Waals surface area contributed by atoms with Gasteiger partial charge in [-0.05, 0) is 51.5 Å². The predicted molar refractivity (Wildman–Crippen MR) is 119 cm³/mol. The molecular weight excluding hydrogens is 398 g/mol. The average molecular weight is 430 g/mol. The number of amides is 1. The fourth-order valence-electron chi connectivity index (χ4n) is 2.93. The molecular formula is C22H31N3O4Si. The molecule has 30 heavy (non-hydrogen) atoms. The van der Waals surface area contributed by atoms with Gasteiger partial charge in [-0.15, -0.1) is 0 Å². The summed E-state index contributed by atoms with van der Waals surface area (Å²) in [7, 11) is -2.85. The number of azo groups is 1. The molecule has 162 valence electrons. The molecule has 0 saturated heterocycles. The van der Waals surface area contributed by atoms with Crippen molar-refractivity contribution in [3.63, 3.8) is 0 Å². The zero-order chi connectivity index (χ0) is 21.7. The third-order valence-corrected chi connectivity index (χ3v) is 7.31. The maximum atomic E-state index is 12.7. The standard InChI is InChI=1S/C22H31N3O4Si/c1-4-27-30(28-5-2,29-6-3)18-17-21(25-24-20-15-11-8-12-16-20)23-22(26)19-13-9-7-10-14-19/h7-16,21H,4-6,17-18H2,1-3H3,(H,23,26). The highest BCUT2D eigenvalue weighted by atomic mass is 28.4. The van der Waals surface area contributed by atoms with Gasteiger partial charge in [-0.2, -0.15) is 10.2 Å². The highest BCUT2D eigenvalue weighted by molar-refractivity contribution is 6.60. The van der Waals surface area contributed by atoms with Crippen LogP contribution in [0.4, 0.5) is 5.69 Å². The summed E-state index contributed by atoms with van der Waals surface area (Å²) in [5, 5.41) is 11.6. The van der Waals surface area contributed by atoms with Gasteiger partial charge in [0.2, 0.25) is 0 Å². The van der Waals surface area contributed by atoms with E-state index in [0.29, 0.717) is 37.8 Å². The minimum absolute atomic E-state index is 0.205. The van der Waals surface area contributed by atoms with Crippen LogP contribution in [0.25, 0.3) is 0 Å². The van der Waals surface area contributed by atoms with E-state index in [2.05, 4.69) is 15.5 Å². The van der Waals surface area contributed by atoms with Crippen molar-refractivity contribution < 1.29 is 18.1 Å². The van der Waals surface area contributed by atoms with Crippen LogP contribution in [-0.4, -0.2) is 40.7 Å². The molecule has 0 radical (unpaired) electrons. The van der Waals surface area contributed by atoms with E-state index in [1.165, 1.54) is 0 Å². The van der Waals surface area contributed by atoms with Gasteiger partial charge in [-0.3, -0.25) is 4.79 Å². The maximum Gasteiger partial charge on any atom is 0.501 e. The zero-order valence-corrected chi connectivity index (χ0v) is 18.9. The highest BCUT2D eigenvalue weighted by Crippen LogP contribution is 2.21. The third-order valence-electron chi connectivity index (χ3n) is 4.22. The summed E-state index contributed by atoms with van der Waals surface area (Å²) in [5.74, 6) is -0.205. The lowest BCUT2D eigenvalue weighted by Crippen LogP contribution is -2.47. The number of nitrogens with zero attached hydrogens (tertiary/aromatic N) is 2. The fraction of sp³-hybridized carbons (Fsp3) is 0.409. The van der Waals surface area contributed by atoms with Crippen molar-refractivity contribution in [2.75, 3.05) is 19.8 Å². The second kappa shape index (κ2) is 13.0. The SMILES string of the molecule is CCO[Si](CCC(N=Nc1ccccc1)NC(=O)c1ccccc1)(OCC)OCC. The lowest BCUT2D eigenvalue weighted by atomic mass is 10.2. The van der Waals surface area contributed by atoms with Crippen LogP contribution < -0.4 is 5.32 Å². The van der Waals surface area contributed by atoms with Gasteiger partial charge < -0.3 is 18.6 Å². The molecule has 2 aromatic carbocycles. The first-order valence-corrected chi connectivity index (χ1v) is 12.3. The summed E-state index contributed by atoms with van der Waals surface area (Å²) in [6.07, 6.45) is -0.0487. The number of carbonyl (C=O) groups is 1. The van der Waals surface area contributed by atoms with Gasteiger partial charge in [0.05, 0.1) is 5.69 Å². The summed E-state index contributed by atoms with van der Waals surface area (Å²) in [5.41, 5.74) is 1.29. The van der Waals surface area contributed by atoms with Crippen molar-refractivity contribution in [3.8, 4) is 0 Å². The van der Waals surface area contributed by atoms with E-state index < -0.39 is 15.0 Å². The Morgan fingerprint density at radius 3 is 1.97 bits per heavy atom. The van der Waals surface area contributed by atoms with Gasteiger partial charge in [-0.25, -0.2) is 0 Å². The first-order chi connectivity index (χ1) is 14.6. The summed E-state index contributed by atoms with van der Waals surface area (Å²) in [6.45, 7) is 7.26. The van der Waals surface area contributed by atoms with Gasteiger partial charge >= 0.3 is 8.80 Å². The molecule has 1 atom stereocenters. The minimum Gasteiger partial charge on any atom is -0.374 e. The van der Waals surface area contributed by atoms with E-state index in [-0.39, 0.29) is 5.91 Å². The summed E-state index contributed by atoms with van der Waals surface area (Å²) in [4.78, 5) is 12.7. The van der Waals surface area contributed by atoms with Crippen molar-refractivity contribution in [1.82, 2.24) is 5.32 Å². The van der Waals surface area contributed by atoms with Crippen LogP contribution in [0.5, 0.6) is 0 Å². The Labute approximate surface area is 179 Å². The van der Waals surface area contributed by atoms with Crippen LogP contribution >= 0.6 is 0 Å². The smallest absolute Gasteiger partial charge is 0.374 e. The quantitative estimate of drug-likeness (QED) is 0.360. The van der Waals surface area contributed by atoms with Crippen molar-refractivity contribution in [2.45, 2.75) is 39.4 Å². The Hall–Kier alpha value is -2.39. The molecule has 0 saturated carbocycles. The van der Waals surface area contributed by atoms with E-state index in [4.69, 9.17) is 13.3 Å². The second-order valence-electron chi connectivity index (χ2n) is 6.43. The van der Waals surface area contributed by atoms with E-state index >= 15 is 0 Å². The molecule has 8 heteroatoms. The topological polar surface area (TPSA) is 81.5 Å². The number of carbonyl (C=O) groups excluding carboxylic acids is 1. The molecule has 0 spiro atoms. The van der Waals surface area contributed by atoms with Crippen LogP contribution in [0.15, 0.2) is 70.9 Å². The zero-order valence-electron chi connectivity index (χ0n) is 17.9. The third kappa shape index (κ3) is 7.79. The number of hydrogen-bond acceptors (Lipinski definition) is 6. The molecule has 0 heterocycles. The van der Waals surface area contributed by atoms with Crippen LogP contribution in [0.3, 0.4) is 0 Å². The molecule has 2 aromatic rings. The molecule has 1 amide bonds. The van der Waals surface area contributed by atoms with Crippen molar-refractivity contribution in [2.24, 2.45) is 10.2 Å². The number of benzene rings is 2. The average Bonchev–Trinajstić information content (AvgIpc) is 2.77. The molecule has 0 aliphatic rings. The van der Waals surface area contributed by atoms with Crippen LogP contribution in [0, 0.1) is 0 Å². The van der Waals surface area contributed by atoms with Crippen molar-refractivity contribution >= 4 is 20.4 Å². The van der Waals surface area contributed by atoms with Crippen molar-refractivity contribution in [3.05, 3.63) is 66.2 Å². The Morgan fingerprint density at radius 2 is 1.43 bits per heavy atom. The molecule has 1 unspecified atom stereocenters. The fourth-order valence-corrected chi connectivity index (χ4v) is 5.56. The van der Waals surface area contributed by atoms with Crippen LogP contribution in [0.1, 0.15) is 37.6 Å². The Balaban J connectivity index is 2.16. The minimum atomic E-state index is -2.85. The number of hydrogen-bond donors (Lipinski definition) is 1. The van der Waals surface area contributed by atoms with E-state index in [0.717, 1.165) is 5.69 Å². The van der Waals surface area contributed by atoms with Gasteiger partial charge in [0.1, 0.15) is 6.17 Å². The van der Waals surface area contributed by atoms with Crippen molar-refractivity contribution in [1.29, 1.82) is 0 Å². The molecule has 0 fully saturated rings. The highest BCUT2D eigenvalue weighted by Gasteiger charge is 2.40. The van der Waals surface area contributed by atoms with E-state index in [9.17, 15) is 4.79 Å². The van der Waals surface area contributed by atoms with Gasteiger partial charge in [0.25, 0.3) is 5.91 Å². The first kappa shape index (κ1) is 23.9. The van der Waals surface area contributed by atoms with Crippen LogP contribution in [-0.2, 0) is 13.3 Å². The lowest BCUT2D eigenvalue weighted by molar-refractivity contribution is 0.0694. The lowest BCUT2D eigenvalue weighted by Gasteiger charge is -2.29. The summed E-state index contributed by atoms with van der Waals surface area (Å²) in [6, 6.07) is 19.0. The Kier molecular flexibility index (Phi) is 10.4. The Bertz CT molecular complexity index is 757. The number of nitrogens with one attached hydrogen (secondary N) is 1. The molecule has 0 aliphatic heterocycles. The summed E-state index contributed by atoms with van der Waals surface area (Å²) < 4.78 is 17.8. The second-order valence-corrected chi connectivity index (χ2v) is 9.16. The van der Waals surface area contributed by atoms with Gasteiger partial charge in [0, 0.05) is 31.4 Å². The number of rotatable bonds is 13. The first-order valence-electron chi connectivity index (χ1n) is 10.4. The molecule has 0 aliphatic carbocycles. The molecule has 2 rings (SSSR count). The van der Waals surface area contributed by atoms with E-state index in [1.54, 1.807) is 12.1 Å². The maximum absolute atomic E-state index is 12.7. The predicted octanol–water partition coefficient (Wildman–Crippen LogP) is 4.96. The monoisotopic (exact) mass is 429 g/mol. The Morgan fingerprint density at radius 1 is 0.900 bits per heavy atom. The van der Waals surface area contributed by atoms with Gasteiger partial charge in [0.15, 0.2) is 0 Å².